The van der Waals surface area contributed by atoms with Crippen molar-refractivity contribution in [2.45, 2.75) is 44.4 Å². The Balaban J connectivity index is 1.99. The molecule has 1 atom stereocenters. The molecular formula is C9H17Br. The summed E-state index contributed by atoms with van der Waals surface area (Å²) in [6, 6.07) is 0. The highest BCUT2D eigenvalue weighted by Gasteiger charge is 2.22. The van der Waals surface area contributed by atoms with Crippen molar-refractivity contribution in [3.8, 4) is 0 Å². The van der Waals surface area contributed by atoms with E-state index in [0.29, 0.717) is 0 Å². The Morgan fingerprint density at radius 2 is 2.00 bits per heavy atom. The average Bonchev–Trinajstić information content (AvgIpc) is 2.64. The fourth-order valence-electron chi connectivity index (χ4n) is 1.13. The molecule has 0 radical (unpaired) electrons. The highest BCUT2D eigenvalue weighted by Crippen LogP contribution is 2.35. The van der Waals surface area contributed by atoms with E-state index in [1.807, 2.05) is 0 Å². The second kappa shape index (κ2) is 3.75. The molecule has 1 heteroatoms. The molecule has 0 nitrogen and oxygen atoms in total. The molecule has 0 bridgehead atoms. The summed E-state index contributed by atoms with van der Waals surface area (Å²) in [5.41, 5.74) is 0. The van der Waals surface area contributed by atoms with Gasteiger partial charge in [0, 0.05) is 4.83 Å². The molecule has 1 fully saturated rings. The zero-order valence-corrected chi connectivity index (χ0v) is 8.52. The molecule has 0 heterocycles. The van der Waals surface area contributed by atoms with Crippen LogP contribution in [0.15, 0.2) is 0 Å². The molecule has 1 saturated carbocycles. The van der Waals surface area contributed by atoms with Gasteiger partial charge < -0.3 is 0 Å². The lowest BCUT2D eigenvalue weighted by atomic mass is 10.0. The summed E-state index contributed by atoms with van der Waals surface area (Å²) in [5, 5.41) is 0. The van der Waals surface area contributed by atoms with Gasteiger partial charge in [-0.05, 0) is 24.7 Å². The molecule has 0 aromatic heterocycles. The summed E-state index contributed by atoms with van der Waals surface area (Å²) in [7, 11) is 0. The molecule has 0 N–H and O–H groups in total. The smallest absolute Gasteiger partial charge is 0.0168 e. The Bertz CT molecular complexity index is 94.9. The first-order chi connectivity index (χ1) is 4.70. The topological polar surface area (TPSA) is 0 Å². The van der Waals surface area contributed by atoms with E-state index in [1.165, 1.54) is 25.7 Å². The predicted molar refractivity (Wildman–Crippen MR) is 49.5 cm³/mol. The second-order valence-electron chi connectivity index (χ2n) is 3.78. The summed E-state index contributed by atoms with van der Waals surface area (Å²) in [6.07, 6.45) is 5.83. The lowest BCUT2D eigenvalue weighted by Gasteiger charge is -2.12. The van der Waals surface area contributed by atoms with Crippen LogP contribution < -0.4 is 0 Å². The number of alkyl halides is 1. The van der Waals surface area contributed by atoms with E-state index in [2.05, 4.69) is 29.8 Å². The van der Waals surface area contributed by atoms with Crippen LogP contribution in [-0.4, -0.2) is 4.83 Å². The first-order valence-electron chi connectivity index (χ1n) is 4.34. The molecule has 10 heavy (non-hydrogen) atoms. The van der Waals surface area contributed by atoms with Crippen molar-refractivity contribution in [2.75, 3.05) is 0 Å². The van der Waals surface area contributed by atoms with E-state index >= 15 is 0 Å². The van der Waals surface area contributed by atoms with Crippen molar-refractivity contribution >= 4 is 15.9 Å². The summed E-state index contributed by atoms with van der Waals surface area (Å²) >= 11 is 3.70. The van der Waals surface area contributed by atoms with Crippen LogP contribution in [0.1, 0.15) is 39.5 Å². The van der Waals surface area contributed by atoms with Crippen LogP contribution >= 0.6 is 15.9 Å². The van der Waals surface area contributed by atoms with Crippen LogP contribution in [0, 0.1) is 11.8 Å². The maximum atomic E-state index is 3.70. The second-order valence-corrected chi connectivity index (χ2v) is 4.96. The van der Waals surface area contributed by atoms with Crippen molar-refractivity contribution in [3.05, 3.63) is 0 Å². The predicted octanol–water partition coefficient (Wildman–Crippen LogP) is 3.60. The van der Waals surface area contributed by atoms with Crippen molar-refractivity contribution in [3.63, 3.8) is 0 Å². The van der Waals surface area contributed by atoms with E-state index < -0.39 is 0 Å². The third-order valence-corrected chi connectivity index (χ3v) is 3.79. The fraction of sp³-hybridized carbons (Fsp3) is 1.00. The summed E-state index contributed by atoms with van der Waals surface area (Å²) < 4.78 is 0. The molecule has 0 aliphatic heterocycles. The van der Waals surface area contributed by atoms with Gasteiger partial charge in [0.15, 0.2) is 0 Å². The van der Waals surface area contributed by atoms with Crippen LogP contribution in [0.2, 0.25) is 0 Å². The quantitative estimate of drug-likeness (QED) is 0.615. The molecule has 1 unspecified atom stereocenters. The lowest BCUT2D eigenvalue weighted by Crippen LogP contribution is -2.06. The Morgan fingerprint density at radius 1 is 1.40 bits per heavy atom. The summed E-state index contributed by atoms with van der Waals surface area (Å²) in [5.74, 6) is 1.90. The van der Waals surface area contributed by atoms with Gasteiger partial charge >= 0.3 is 0 Å². The summed E-state index contributed by atoms with van der Waals surface area (Å²) in [4.78, 5) is 0.757. The molecule has 1 rings (SSSR count). The Hall–Kier alpha value is 0.480. The fourth-order valence-corrected chi connectivity index (χ4v) is 1.40. The van der Waals surface area contributed by atoms with Crippen LogP contribution in [0.3, 0.4) is 0 Å². The maximum absolute atomic E-state index is 3.70. The van der Waals surface area contributed by atoms with Gasteiger partial charge in [0.1, 0.15) is 0 Å². The molecular weight excluding hydrogens is 188 g/mol. The minimum absolute atomic E-state index is 0.757. The first kappa shape index (κ1) is 8.58. The third-order valence-electron chi connectivity index (χ3n) is 2.27. The van der Waals surface area contributed by atoms with E-state index in [0.717, 1.165) is 16.7 Å². The van der Waals surface area contributed by atoms with Crippen LogP contribution in [0.25, 0.3) is 0 Å². The standard InChI is InChI=1S/C9H17Br/c1-7(2)9(10)6-5-8-3-4-8/h7-9H,3-6H2,1-2H3. The molecule has 0 spiro atoms. The minimum atomic E-state index is 0.757. The maximum Gasteiger partial charge on any atom is 0.0168 e. The first-order valence-corrected chi connectivity index (χ1v) is 5.25. The number of hydrogen-bond acceptors (Lipinski definition) is 0. The molecule has 0 aromatic carbocycles. The highest BCUT2D eigenvalue weighted by molar-refractivity contribution is 9.09. The molecule has 1 aliphatic rings. The van der Waals surface area contributed by atoms with Gasteiger partial charge in [-0.25, -0.2) is 0 Å². The molecule has 1 aliphatic carbocycles. The zero-order chi connectivity index (χ0) is 7.56. The average molecular weight is 205 g/mol. The van der Waals surface area contributed by atoms with Crippen molar-refractivity contribution in [2.24, 2.45) is 11.8 Å². The van der Waals surface area contributed by atoms with E-state index in [1.54, 1.807) is 0 Å². The molecule has 0 saturated heterocycles. The highest BCUT2D eigenvalue weighted by atomic mass is 79.9. The SMILES string of the molecule is CC(C)C(Br)CCC1CC1. The van der Waals surface area contributed by atoms with Gasteiger partial charge in [0.2, 0.25) is 0 Å². The van der Waals surface area contributed by atoms with Gasteiger partial charge in [0.05, 0.1) is 0 Å². The largest absolute Gasteiger partial charge is 0.0888 e. The monoisotopic (exact) mass is 204 g/mol. The van der Waals surface area contributed by atoms with Crippen molar-refractivity contribution in [1.29, 1.82) is 0 Å². The van der Waals surface area contributed by atoms with Crippen LogP contribution in [0.5, 0.6) is 0 Å². The Morgan fingerprint density at radius 3 is 2.40 bits per heavy atom. The number of halogens is 1. The Labute approximate surface area is 72.5 Å². The van der Waals surface area contributed by atoms with Gasteiger partial charge in [-0.1, -0.05) is 42.6 Å². The number of rotatable bonds is 4. The van der Waals surface area contributed by atoms with Crippen LogP contribution in [-0.2, 0) is 0 Å². The van der Waals surface area contributed by atoms with Gasteiger partial charge in [0.25, 0.3) is 0 Å². The molecule has 60 valence electrons. The lowest BCUT2D eigenvalue weighted by molar-refractivity contribution is 0.543. The molecule has 0 aromatic rings. The van der Waals surface area contributed by atoms with Crippen molar-refractivity contribution in [1.82, 2.24) is 0 Å². The molecule has 0 amide bonds. The normalized spacial score (nSPS) is 21.6. The van der Waals surface area contributed by atoms with Crippen molar-refractivity contribution < 1.29 is 0 Å². The van der Waals surface area contributed by atoms with E-state index in [9.17, 15) is 0 Å². The Kier molecular flexibility index (Phi) is 3.22. The zero-order valence-electron chi connectivity index (χ0n) is 6.94. The third kappa shape index (κ3) is 3.05. The van der Waals surface area contributed by atoms with E-state index in [-0.39, 0.29) is 0 Å². The summed E-state index contributed by atoms with van der Waals surface area (Å²) in [6.45, 7) is 4.57. The number of hydrogen-bond donors (Lipinski definition) is 0. The van der Waals surface area contributed by atoms with Gasteiger partial charge in [-0.2, -0.15) is 0 Å². The van der Waals surface area contributed by atoms with E-state index in [4.69, 9.17) is 0 Å². The van der Waals surface area contributed by atoms with Crippen LogP contribution in [0.4, 0.5) is 0 Å². The van der Waals surface area contributed by atoms with Gasteiger partial charge in [-0.15, -0.1) is 0 Å². The van der Waals surface area contributed by atoms with Gasteiger partial charge in [-0.3, -0.25) is 0 Å². The minimum Gasteiger partial charge on any atom is -0.0888 e.